The van der Waals surface area contributed by atoms with E-state index < -0.39 is 6.67 Å². The Morgan fingerprint density at radius 1 is 1.46 bits per heavy atom. The van der Waals surface area contributed by atoms with Gasteiger partial charge in [-0.3, -0.25) is 4.39 Å². The van der Waals surface area contributed by atoms with Gasteiger partial charge in [-0.1, -0.05) is 0 Å². The SMILES string of the molecule is FCC1CCOc2ccc(F)cc21. The normalized spacial score (nSPS) is 20.6. The first-order valence-corrected chi connectivity index (χ1v) is 4.29. The molecule has 0 fully saturated rings. The quantitative estimate of drug-likeness (QED) is 0.652. The van der Waals surface area contributed by atoms with Crippen LogP contribution in [0.2, 0.25) is 0 Å². The Labute approximate surface area is 75.3 Å². The van der Waals surface area contributed by atoms with Crippen LogP contribution in [0.3, 0.4) is 0 Å². The van der Waals surface area contributed by atoms with Crippen molar-refractivity contribution in [3.8, 4) is 5.75 Å². The summed E-state index contributed by atoms with van der Waals surface area (Å²) in [5.41, 5.74) is 0.661. The van der Waals surface area contributed by atoms with Crippen LogP contribution in [0.25, 0.3) is 0 Å². The third-order valence-electron chi connectivity index (χ3n) is 2.32. The fourth-order valence-corrected chi connectivity index (χ4v) is 1.60. The summed E-state index contributed by atoms with van der Waals surface area (Å²) in [4.78, 5) is 0. The minimum atomic E-state index is -0.445. The molecule has 1 nitrogen and oxygen atoms in total. The Morgan fingerprint density at radius 3 is 3.08 bits per heavy atom. The zero-order chi connectivity index (χ0) is 9.26. The smallest absolute Gasteiger partial charge is 0.123 e. The number of halogens is 2. The molecule has 0 aliphatic carbocycles. The Balaban J connectivity index is 2.41. The summed E-state index contributed by atoms with van der Waals surface area (Å²) in [7, 11) is 0. The summed E-state index contributed by atoms with van der Waals surface area (Å²) >= 11 is 0. The van der Waals surface area contributed by atoms with Crippen molar-refractivity contribution in [2.24, 2.45) is 0 Å². The molecule has 1 heterocycles. The average molecular weight is 184 g/mol. The largest absolute Gasteiger partial charge is 0.493 e. The lowest BCUT2D eigenvalue weighted by molar-refractivity contribution is 0.249. The molecular formula is C10H10F2O. The van der Waals surface area contributed by atoms with E-state index in [2.05, 4.69) is 0 Å². The lowest BCUT2D eigenvalue weighted by Gasteiger charge is -2.23. The molecule has 1 unspecified atom stereocenters. The lowest BCUT2D eigenvalue weighted by atomic mass is 9.94. The van der Waals surface area contributed by atoms with Crippen LogP contribution in [0.4, 0.5) is 8.78 Å². The van der Waals surface area contributed by atoms with Crippen molar-refractivity contribution < 1.29 is 13.5 Å². The zero-order valence-electron chi connectivity index (χ0n) is 7.09. The Morgan fingerprint density at radius 2 is 2.31 bits per heavy atom. The second-order valence-corrected chi connectivity index (χ2v) is 3.17. The van der Waals surface area contributed by atoms with Gasteiger partial charge in [-0.05, 0) is 24.6 Å². The van der Waals surface area contributed by atoms with Crippen molar-refractivity contribution >= 4 is 0 Å². The van der Waals surface area contributed by atoms with Gasteiger partial charge in [0.05, 0.1) is 13.3 Å². The number of alkyl halides is 1. The highest BCUT2D eigenvalue weighted by molar-refractivity contribution is 5.38. The molecule has 3 heteroatoms. The Kier molecular flexibility index (Phi) is 2.17. The highest BCUT2D eigenvalue weighted by Gasteiger charge is 2.21. The van der Waals surface area contributed by atoms with Gasteiger partial charge in [-0.15, -0.1) is 0 Å². The second kappa shape index (κ2) is 3.32. The fraction of sp³-hybridized carbons (Fsp3) is 0.400. The first kappa shape index (κ1) is 8.48. The third kappa shape index (κ3) is 1.50. The third-order valence-corrected chi connectivity index (χ3v) is 2.32. The van der Waals surface area contributed by atoms with Crippen LogP contribution in [-0.2, 0) is 0 Å². The van der Waals surface area contributed by atoms with Gasteiger partial charge in [-0.2, -0.15) is 0 Å². The molecule has 1 aliphatic rings. The van der Waals surface area contributed by atoms with Gasteiger partial charge < -0.3 is 4.74 Å². The summed E-state index contributed by atoms with van der Waals surface area (Å²) in [6.07, 6.45) is 0.632. The number of rotatable bonds is 1. The van der Waals surface area contributed by atoms with Gasteiger partial charge in [0, 0.05) is 11.5 Å². The molecule has 70 valence electrons. The van der Waals surface area contributed by atoms with Crippen LogP contribution in [0.15, 0.2) is 18.2 Å². The summed E-state index contributed by atoms with van der Waals surface area (Å²) in [5.74, 6) is 0.0949. The maximum Gasteiger partial charge on any atom is 0.123 e. The summed E-state index contributed by atoms with van der Waals surface area (Å²) in [5, 5.41) is 0. The summed E-state index contributed by atoms with van der Waals surface area (Å²) in [6, 6.07) is 4.25. The fourth-order valence-electron chi connectivity index (χ4n) is 1.60. The van der Waals surface area contributed by atoms with E-state index in [1.54, 1.807) is 6.07 Å². The molecule has 0 N–H and O–H groups in total. The summed E-state index contributed by atoms with van der Waals surface area (Å²) in [6.45, 7) is 0.0764. The standard InChI is InChI=1S/C10H10F2O/c11-6-7-3-4-13-10-2-1-8(12)5-9(7)10/h1-2,5,7H,3-4,6H2. The molecule has 1 aromatic rings. The van der Waals surface area contributed by atoms with E-state index in [0.29, 0.717) is 24.3 Å². The zero-order valence-corrected chi connectivity index (χ0v) is 7.09. The molecule has 1 atom stereocenters. The first-order valence-electron chi connectivity index (χ1n) is 4.29. The summed E-state index contributed by atoms with van der Waals surface area (Å²) < 4.78 is 30.6. The Hall–Kier alpha value is -1.12. The highest BCUT2D eigenvalue weighted by Crippen LogP contribution is 2.34. The van der Waals surface area contributed by atoms with Gasteiger partial charge in [0.2, 0.25) is 0 Å². The van der Waals surface area contributed by atoms with E-state index in [1.165, 1.54) is 12.1 Å². The molecule has 2 rings (SSSR count). The second-order valence-electron chi connectivity index (χ2n) is 3.17. The van der Waals surface area contributed by atoms with Crippen LogP contribution >= 0.6 is 0 Å². The van der Waals surface area contributed by atoms with Crippen LogP contribution in [0.5, 0.6) is 5.75 Å². The molecular weight excluding hydrogens is 174 g/mol. The topological polar surface area (TPSA) is 9.23 Å². The van der Waals surface area contributed by atoms with E-state index >= 15 is 0 Å². The number of hydrogen-bond acceptors (Lipinski definition) is 1. The van der Waals surface area contributed by atoms with Crippen LogP contribution in [0.1, 0.15) is 17.9 Å². The van der Waals surface area contributed by atoms with Crippen molar-refractivity contribution in [1.29, 1.82) is 0 Å². The predicted molar refractivity (Wildman–Crippen MR) is 45.2 cm³/mol. The minimum Gasteiger partial charge on any atom is -0.493 e. The Bertz CT molecular complexity index is 312. The van der Waals surface area contributed by atoms with Gasteiger partial charge in [-0.25, -0.2) is 4.39 Å². The van der Waals surface area contributed by atoms with Crippen molar-refractivity contribution in [3.05, 3.63) is 29.6 Å². The van der Waals surface area contributed by atoms with Crippen molar-refractivity contribution in [1.82, 2.24) is 0 Å². The van der Waals surface area contributed by atoms with Crippen LogP contribution in [-0.4, -0.2) is 13.3 Å². The highest BCUT2D eigenvalue weighted by atomic mass is 19.1. The van der Waals surface area contributed by atoms with E-state index in [1.807, 2.05) is 0 Å². The van der Waals surface area contributed by atoms with E-state index in [0.717, 1.165) is 0 Å². The minimum absolute atomic E-state index is 0.195. The number of benzene rings is 1. The molecule has 0 spiro atoms. The monoisotopic (exact) mass is 184 g/mol. The molecule has 0 aromatic heterocycles. The van der Waals surface area contributed by atoms with Gasteiger partial charge >= 0.3 is 0 Å². The van der Waals surface area contributed by atoms with Crippen LogP contribution < -0.4 is 4.74 Å². The molecule has 0 saturated carbocycles. The molecule has 0 amide bonds. The first-order chi connectivity index (χ1) is 6.31. The molecule has 0 radical (unpaired) electrons. The van der Waals surface area contributed by atoms with E-state index in [4.69, 9.17) is 4.74 Å². The molecule has 0 bridgehead atoms. The predicted octanol–water partition coefficient (Wildman–Crippen LogP) is 2.66. The number of fused-ring (bicyclic) bond motifs is 1. The van der Waals surface area contributed by atoms with E-state index in [9.17, 15) is 8.78 Å². The number of ether oxygens (including phenoxy) is 1. The van der Waals surface area contributed by atoms with Crippen molar-refractivity contribution in [2.75, 3.05) is 13.3 Å². The van der Waals surface area contributed by atoms with Crippen molar-refractivity contribution in [3.63, 3.8) is 0 Å². The van der Waals surface area contributed by atoms with Crippen molar-refractivity contribution in [2.45, 2.75) is 12.3 Å². The van der Waals surface area contributed by atoms with Gasteiger partial charge in [0.1, 0.15) is 11.6 Å². The van der Waals surface area contributed by atoms with Gasteiger partial charge in [0.15, 0.2) is 0 Å². The molecule has 1 aromatic carbocycles. The van der Waals surface area contributed by atoms with Crippen LogP contribution in [0, 0.1) is 5.82 Å². The number of hydrogen-bond donors (Lipinski definition) is 0. The van der Waals surface area contributed by atoms with Gasteiger partial charge in [0.25, 0.3) is 0 Å². The van der Waals surface area contributed by atoms with E-state index in [-0.39, 0.29) is 11.7 Å². The molecule has 13 heavy (non-hydrogen) atoms. The maximum absolute atomic E-state index is 12.8. The maximum atomic E-state index is 12.8. The molecule has 1 aliphatic heterocycles. The lowest BCUT2D eigenvalue weighted by Crippen LogP contribution is -2.15. The molecule has 0 saturated heterocycles. The average Bonchev–Trinajstić information content (AvgIpc) is 2.17.